The predicted molar refractivity (Wildman–Crippen MR) is 123 cm³/mol. The van der Waals surface area contributed by atoms with Gasteiger partial charge in [-0.05, 0) is 0 Å². The summed E-state index contributed by atoms with van der Waals surface area (Å²) in [6, 6.07) is 18.0. The minimum atomic E-state index is -3.08. The quantitative estimate of drug-likeness (QED) is 0.570. The second kappa shape index (κ2) is 11.1. The van der Waals surface area contributed by atoms with Gasteiger partial charge < -0.3 is 12.4 Å². The monoisotopic (exact) mass is 512 g/mol. The molecule has 2 aromatic rings. The normalized spacial score (nSPS) is 21.2. The zero-order valence-corrected chi connectivity index (χ0v) is 21.7. The Hall–Kier alpha value is -2.14. The van der Waals surface area contributed by atoms with Gasteiger partial charge in [-0.2, -0.15) is 0 Å². The van der Waals surface area contributed by atoms with Crippen LogP contribution in [-0.2, 0) is 25.3 Å². The van der Waals surface area contributed by atoms with Gasteiger partial charge in [-0.1, -0.05) is 0 Å². The van der Waals surface area contributed by atoms with E-state index in [9.17, 15) is 9.59 Å². The predicted octanol–water partition coefficient (Wildman–Crippen LogP) is 3.94. The second-order valence-corrected chi connectivity index (χ2v) is 11.9. The Kier molecular flexibility index (Phi) is 8.13. The smallest absolute Gasteiger partial charge is 1.00 e. The van der Waals surface area contributed by atoms with E-state index in [0.717, 1.165) is 25.7 Å². The number of carbonyl (C=O) groups is 2. The molecule has 0 radical (unpaired) electrons. The zero-order valence-electron chi connectivity index (χ0n) is 19.4. The molecule has 6 heteroatoms. The maximum absolute atomic E-state index is 13.0. The van der Waals surface area contributed by atoms with Crippen molar-refractivity contribution in [1.82, 2.24) is 0 Å². The van der Waals surface area contributed by atoms with Crippen molar-refractivity contribution in [1.29, 1.82) is 0 Å². The van der Waals surface area contributed by atoms with Crippen molar-refractivity contribution in [3.63, 3.8) is 0 Å². The first-order chi connectivity index (χ1) is 16.1. The fraction of sp³-hybridized carbons (Fsp3) is 0.357. The summed E-state index contributed by atoms with van der Waals surface area (Å²) in [6.45, 7) is 2.30. The second-order valence-electron chi connectivity index (χ2n) is 9.14. The van der Waals surface area contributed by atoms with Crippen LogP contribution in [0, 0.1) is 5.92 Å². The first kappa shape index (κ1) is 25.0. The number of rotatable bonds is 5. The Morgan fingerprint density at radius 1 is 0.765 bits per heavy atom. The van der Waals surface area contributed by atoms with E-state index in [0.29, 0.717) is 17.0 Å². The van der Waals surface area contributed by atoms with Crippen LogP contribution in [0.4, 0.5) is 0 Å². The van der Waals surface area contributed by atoms with Gasteiger partial charge >= 0.3 is 203 Å². The molecule has 0 spiro atoms. The Morgan fingerprint density at radius 3 is 1.88 bits per heavy atom. The van der Waals surface area contributed by atoms with Crippen LogP contribution in [0.25, 0.3) is 0 Å². The van der Waals surface area contributed by atoms with E-state index in [4.69, 9.17) is 6.64 Å². The number of fused-ring (bicyclic) bond motifs is 1. The van der Waals surface area contributed by atoms with Crippen LogP contribution in [-0.4, -0.2) is 11.9 Å². The molecular weight excluding hydrogens is 484 g/mol. The Labute approximate surface area is 214 Å². The molecule has 0 aliphatic heterocycles. The summed E-state index contributed by atoms with van der Waals surface area (Å²) in [5.74, 6) is -0.404. The molecule has 0 fully saturated rings. The van der Waals surface area contributed by atoms with Gasteiger partial charge in [0.25, 0.3) is 0 Å². The summed E-state index contributed by atoms with van der Waals surface area (Å²) in [5, 5.41) is 0. The van der Waals surface area contributed by atoms with E-state index >= 15 is 0 Å². The molecule has 2 aromatic carbocycles. The fourth-order valence-corrected chi connectivity index (χ4v) is 8.87. The van der Waals surface area contributed by atoms with Gasteiger partial charge in [-0.15, -0.1) is 0 Å². The van der Waals surface area contributed by atoms with Gasteiger partial charge in [0.05, 0.1) is 0 Å². The average Bonchev–Trinajstić information content (AvgIpc) is 3.17. The molecule has 0 amide bonds. The SMILES string of the molecule is CC1C2=C(CCCC2)C2=C1[CH]([Ti+]([O]C(=O)c1ccccc1)[O]C(=O)c1ccccc1)CCC2.[Cl-]. The number of allylic oxidation sites excluding steroid dienone is 4. The van der Waals surface area contributed by atoms with Crippen LogP contribution >= 0.6 is 0 Å². The van der Waals surface area contributed by atoms with Crippen LogP contribution in [0.3, 0.4) is 0 Å². The fourth-order valence-electron chi connectivity index (χ4n) is 5.68. The van der Waals surface area contributed by atoms with E-state index in [1.807, 2.05) is 36.4 Å². The van der Waals surface area contributed by atoms with Gasteiger partial charge in [-0.25, -0.2) is 0 Å². The van der Waals surface area contributed by atoms with Crippen LogP contribution < -0.4 is 12.4 Å². The molecule has 176 valence electrons. The molecule has 5 rings (SSSR count). The molecule has 0 saturated heterocycles. The van der Waals surface area contributed by atoms with E-state index in [1.54, 1.807) is 35.4 Å². The largest absolute Gasteiger partial charge is 1.00 e. The third kappa shape index (κ3) is 4.95. The number of carbonyl (C=O) groups excluding carboxylic acids is 2. The van der Waals surface area contributed by atoms with Crippen LogP contribution in [0.1, 0.15) is 72.6 Å². The topological polar surface area (TPSA) is 52.6 Å². The first-order valence-electron chi connectivity index (χ1n) is 12.0. The third-order valence-electron chi connectivity index (χ3n) is 7.20. The van der Waals surface area contributed by atoms with E-state index in [1.165, 1.54) is 30.4 Å². The molecule has 0 aromatic heterocycles. The van der Waals surface area contributed by atoms with Crippen LogP contribution in [0.5, 0.6) is 0 Å². The zero-order chi connectivity index (χ0) is 22.8. The molecule has 34 heavy (non-hydrogen) atoms. The molecule has 0 heterocycles. The maximum Gasteiger partial charge on any atom is -1.00 e. The van der Waals surface area contributed by atoms with Gasteiger partial charge in [0.1, 0.15) is 0 Å². The van der Waals surface area contributed by atoms with Crippen molar-refractivity contribution < 1.29 is 47.3 Å². The van der Waals surface area contributed by atoms with Crippen molar-refractivity contribution in [3.05, 3.63) is 94.1 Å². The molecule has 4 nitrogen and oxygen atoms in total. The van der Waals surface area contributed by atoms with Gasteiger partial charge in [0, 0.05) is 0 Å². The summed E-state index contributed by atoms with van der Waals surface area (Å²) in [5.41, 5.74) is 7.05. The van der Waals surface area contributed by atoms with Gasteiger partial charge in [-0.3, -0.25) is 0 Å². The van der Waals surface area contributed by atoms with Crippen molar-refractivity contribution in [3.8, 4) is 0 Å². The standard InChI is InChI=1S/C14H19.2C7H6O2.ClH.Ti/c1-10-11-6-2-4-8-13(11)14-9-5-3-7-12(10)14;2*8-7(9)6-4-2-1-3-5-6;;/h6,10H,2-5,7-9H2,1H3;2*1-5H,(H,8,9);1H;/q;;;;+3/p-3. The number of hydrogen-bond acceptors (Lipinski definition) is 4. The number of benzene rings is 2. The molecule has 0 N–H and O–H groups in total. The first-order valence-corrected chi connectivity index (χ1v) is 14.2. The van der Waals surface area contributed by atoms with Crippen LogP contribution in [0.15, 0.2) is 83.0 Å². The molecule has 3 aliphatic rings. The molecule has 0 saturated carbocycles. The number of hydrogen-bond donors (Lipinski definition) is 0. The van der Waals surface area contributed by atoms with E-state index < -0.39 is 18.6 Å². The third-order valence-corrected chi connectivity index (χ3v) is 10.2. The Bertz CT molecular complexity index is 1060. The van der Waals surface area contributed by atoms with Gasteiger partial charge in [0.15, 0.2) is 0 Å². The summed E-state index contributed by atoms with van der Waals surface area (Å²) in [7, 11) is 0. The van der Waals surface area contributed by atoms with Crippen molar-refractivity contribution in [2.75, 3.05) is 0 Å². The molecule has 0 bridgehead atoms. The Morgan fingerprint density at radius 2 is 1.29 bits per heavy atom. The Balaban J connectivity index is 0.00000274. The molecule has 2 atom stereocenters. The maximum atomic E-state index is 13.0. The summed E-state index contributed by atoms with van der Waals surface area (Å²) in [4.78, 5) is 26.1. The van der Waals surface area contributed by atoms with E-state index in [2.05, 4.69) is 6.92 Å². The summed E-state index contributed by atoms with van der Waals surface area (Å²) in [6.07, 6.45) is 7.90. The minimum Gasteiger partial charge on any atom is -1.00 e. The number of halogens is 1. The van der Waals surface area contributed by atoms with Gasteiger partial charge in [0.2, 0.25) is 0 Å². The van der Waals surface area contributed by atoms with Crippen molar-refractivity contribution in [2.45, 2.75) is 56.1 Å². The summed E-state index contributed by atoms with van der Waals surface area (Å²) >= 11 is -3.08. The average molecular weight is 513 g/mol. The van der Waals surface area contributed by atoms with Crippen LogP contribution in [0.2, 0.25) is 4.22 Å². The van der Waals surface area contributed by atoms with E-state index in [-0.39, 0.29) is 28.6 Å². The minimum absolute atomic E-state index is 0. The van der Waals surface area contributed by atoms with Crippen molar-refractivity contribution >= 4 is 11.9 Å². The molecule has 2 unspecified atom stereocenters. The summed E-state index contributed by atoms with van der Waals surface area (Å²) < 4.78 is 12.3. The van der Waals surface area contributed by atoms with Crippen molar-refractivity contribution in [2.24, 2.45) is 5.92 Å². The molecule has 3 aliphatic carbocycles. The molecular formula is C28H29ClO4Ti.